The summed E-state index contributed by atoms with van der Waals surface area (Å²) < 4.78 is 12.2. The minimum Gasteiger partial charge on any atom is -0.457 e. The number of hydrogen-bond acceptors (Lipinski definition) is 4. The lowest BCUT2D eigenvalue weighted by Crippen LogP contribution is -2.12. The Labute approximate surface area is 181 Å². The van der Waals surface area contributed by atoms with Crippen molar-refractivity contribution in [2.75, 3.05) is 5.32 Å². The highest BCUT2D eigenvalue weighted by atomic mass is 16.5. The number of benzene rings is 3. The molecule has 3 aromatic carbocycles. The molecule has 0 bridgehead atoms. The fraction of sp³-hybridized carbons (Fsp3) is 0.0769. The molecular formula is C26H22N2O3. The van der Waals surface area contributed by atoms with Crippen LogP contribution in [0.2, 0.25) is 0 Å². The number of aromatic nitrogens is 1. The summed E-state index contributed by atoms with van der Waals surface area (Å²) in [5.41, 5.74) is 3.10. The van der Waals surface area contributed by atoms with Crippen molar-refractivity contribution in [2.45, 2.75) is 13.8 Å². The van der Waals surface area contributed by atoms with Crippen molar-refractivity contribution in [3.63, 3.8) is 0 Å². The second kappa shape index (κ2) is 9.13. The number of amides is 1. The minimum atomic E-state index is -0.239. The summed E-state index contributed by atoms with van der Waals surface area (Å²) in [5.74, 6) is 2.36. The number of nitrogens with one attached hydrogen (secondary N) is 1. The van der Waals surface area contributed by atoms with Crippen LogP contribution in [0.4, 0.5) is 5.69 Å². The zero-order valence-electron chi connectivity index (χ0n) is 17.3. The summed E-state index contributed by atoms with van der Waals surface area (Å²) in [6.07, 6.45) is 3.17. The van der Waals surface area contributed by atoms with Crippen molar-refractivity contribution >= 4 is 11.6 Å². The van der Waals surface area contributed by atoms with Crippen LogP contribution in [0.3, 0.4) is 0 Å². The lowest BCUT2D eigenvalue weighted by Gasteiger charge is -2.14. The number of ether oxygens (including phenoxy) is 2. The van der Waals surface area contributed by atoms with Crippen LogP contribution in [-0.4, -0.2) is 10.9 Å². The molecule has 0 aliphatic heterocycles. The standard InChI is InChI=1S/C26H22N2O3/c1-18-7-3-5-9-24(18)30-22-15-21(28-26(29)20-11-13-27-14-12-20)16-23(17-22)31-25-10-6-4-8-19(25)2/h3-17H,1-2H3,(H,28,29). The molecule has 1 aromatic heterocycles. The quantitative estimate of drug-likeness (QED) is 0.392. The zero-order chi connectivity index (χ0) is 21.6. The molecule has 0 atom stereocenters. The van der Waals surface area contributed by atoms with Crippen molar-refractivity contribution in [3.05, 3.63) is 108 Å². The smallest absolute Gasteiger partial charge is 0.255 e. The van der Waals surface area contributed by atoms with Crippen LogP contribution in [0.25, 0.3) is 0 Å². The Hall–Kier alpha value is -4.12. The van der Waals surface area contributed by atoms with Crippen LogP contribution < -0.4 is 14.8 Å². The third-order valence-corrected chi connectivity index (χ3v) is 4.72. The number of pyridine rings is 1. The lowest BCUT2D eigenvalue weighted by molar-refractivity contribution is 0.102. The van der Waals surface area contributed by atoms with Crippen molar-refractivity contribution < 1.29 is 14.3 Å². The fourth-order valence-corrected chi connectivity index (χ4v) is 3.06. The molecule has 0 fully saturated rings. The van der Waals surface area contributed by atoms with E-state index in [4.69, 9.17) is 9.47 Å². The van der Waals surface area contributed by atoms with Gasteiger partial charge in [0.2, 0.25) is 0 Å². The van der Waals surface area contributed by atoms with Gasteiger partial charge in [-0.2, -0.15) is 0 Å². The van der Waals surface area contributed by atoms with Gasteiger partial charge in [0.1, 0.15) is 23.0 Å². The summed E-state index contributed by atoms with van der Waals surface area (Å²) in [6, 6.07) is 24.2. The topological polar surface area (TPSA) is 60.5 Å². The van der Waals surface area contributed by atoms with E-state index in [-0.39, 0.29) is 5.91 Å². The number of rotatable bonds is 6. The molecule has 0 aliphatic carbocycles. The van der Waals surface area contributed by atoms with Gasteiger partial charge >= 0.3 is 0 Å². The van der Waals surface area contributed by atoms with Gasteiger partial charge in [0.15, 0.2) is 0 Å². The van der Waals surface area contributed by atoms with Crippen LogP contribution in [0, 0.1) is 13.8 Å². The van der Waals surface area contributed by atoms with E-state index in [1.54, 1.807) is 42.7 Å². The normalized spacial score (nSPS) is 10.4. The Morgan fingerprint density at radius 3 is 1.77 bits per heavy atom. The van der Waals surface area contributed by atoms with Gasteiger partial charge in [-0.25, -0.2) is 0 Å². The molecular weight excluding hydrogens is 388 g/mol. The highest BCUT2D eigenvalue weighted by Crippen LogP contribution is 2.34. The van der Waals surface area contributed by atoms with Gasteiger partial charge in [-0.05, 0) is 49.2 Å². The van der Waals surface area contributed by atoms with E-state index in [1.807, 2.05) is 62.4 Å². The molecule has 1 N–H and O–H groups in total. The molecule has 0 spiro atoms. The molecule has 0 unspecified atom stereocenters. The average molecular weight is 410 g/mol. The Kier molecular flexibility index (Phi) is 5.94. The van der Waals surface area contributed by atoms with Gasteiger partial charge in [-0.15, -0.1) is 0 Å². The number of aryl methyl sites for hydroxylation is 2. The van der Waals surface area contributed by atoms with Crippen LogP contribution >= 0.6 is 0 Å². The van der Waals surface area contributed by atoms with E-state index in [9.17, 15) is 4.79 Å². The number of hydrogen-bond donors (Lipinski definition) is 1. The summed E-state index contributed by atoms with van der Waals surface area (Å²) in [5, 5.41) is 2.91. The van der Waals surface area contributed by atoms with Crippen LogP contribution in [0.15, 0.2) is 91.3 Å². The maximum absolute atomic E-state index is 12.6. The lowest BCUT2D eigenvalue weighted by atomic mass is 10.2. The molecule has 1 heterocycles. The molecule has 0 saturated heterocycles. The molecule has 5 heteroatoms. The second-order valence-electron chi connectivity index (χ2n) is 7.12. The highest BCUT2D eigenvalue weighted by molar-refractivity contribution is 6.04. The molecule has 0 radical (unpaired) electrons. The monoisotopic (exact) mass is 410 g/mol. The largest absolute Gasteiger partial charge is 0.457 e. The maximum atomic E-state index is 12.6. The maximum Gasteiger partial charge on any atom is 0.255 e. The third kappa shape index (κ3) is 5.08. The summed E-state index contributed by atoms with van der Waals surface area (Å²) >= 11 is 0. The predicted octanol–water partition coefficient (Wildman–Crippen LogP) is 6.54. The van der Waals surface area contributed by atoms with Crippen LogP contribution in [0.5, 0.6) is 23.0 Å². The number of carbonyl (C=O) groups is 1. The Bertz CT molecular complexity index is 1140. The Morgan fingerprint density at radius 2 is 1.26 bits per heavy atom. The molecule has 4 aromatic rings. The number of carbonyl (C=O) groups excluding carboxylic acids is 1. The van der Waals surface area contributed by atoms with E-state index in [0.29, 0.717) is 22.7 Å². The van der Waals surface area contributed by atoms with Gasteiger partial charge in [-0.1, -0.05) is 36.4 Å². The minimum absolute atomic E-state index is 0.239. The van der Waals surface area contributed by atoms with Crippen molar-refractivity contribution in [1.82, 2.24) is 4.98 Å². The van der Waals surface area contributed by atoms with E-state index in [2.05, 4.69) is 10.3 Å². The first-order chi connectivity index (χ1) is 15.1. The van der Waals surface area contributed by atoms with Crippen molar-refractivity contribution in [1.29, 1.82) is 0 Å². The molecule has 31 heavy (non-hydrogen) atoms. The Morgan fingerprint density at radius 1 is 0.742 bits per heavy atom. The first kappa shape index (κ1) is 20.2. The van der Waals surface area contributed by atoms with Gasteiger partial charge < -0.3 is 14.8 Å². The number of nitrogens with zero attached hydrogens (tertiary/aromatic N) is 1. The molecule has 4 rings (SSSR count). The highest BCUT2D eigenvalue weighted by Gasteiger charge is 2.11. The van der Waals surface area contributed by atoms with E-state index < -0.39 is 0 Å². The number of anilines is 1. The first-order valence-corrected chi connectivity index (χ1v) is 9.92. The molecule has 0 aliphatic rings. The van der Waals surface area contributed by atoms with Gasteiger partial charge in [0.25, 0.3) is 5.91 Å². The third-order valence-electron chi connectivity index (χ3n) is 4.72. The van der Waals surface area contributed by atoms with Gasteiger partial charge in [0, 0.05) is 41.8 Å². The number of para-hydroxylation sites is 2. The second-order valence-corrected chi connectivity index (χ2v) is 7.12. The summed E-state index contributed by atoms with van der Waals surface area (Å²) in [7, 11) is 0. The zero-order valence-corrected chi connectivity index (χ0v) is 17.3. The Balaban J connectivity index is 1.67. The van der Waals surface area contributed by atoms with Crippen molar-refractivity contribution in [2.24, 2.45) is 0 Å². The van der Waals surface area contributed by atoms with Gasteiger partial charge in [0.05, 0.1) is 0 Å². The van der Waals surface area contributed by atoms with E-state index in [1.165, 1.54) is 0 Å². The molecule has 154 valence electrons. The molecule has 0 saturated carbocycles. The predicted molar refractivity (Wildman–Crippen MR) is 121 cm³/mol. The summed E-state index contributed by atoms with van der Waals surface area (Å²) in [6.45, 7) is 3.96. The molecule has 5 nitrogen and oxygen atoms in total. The van der Waals surface area contributed by atoms with Gasteiger partial charge in [-0.3, -0.25) is 9.78 Å². The van der Waals surface area contributed by atoms with Crippen LogP contribution in [-0.2, 0) is 0 Å². The van der Waals surface area contributed by atoms with Crippen molar-refractivity contribution in [3.8, 4) is 23.0 Å². The van der Waals surface area contributed by atoms with Crippen LogP contribution in [0.1, 0.15) is 21.5 Å². The fourth-order valence-electron chi connectivity index (χ4n) is 3.06. The SMILES string of the molecule is Cc1ccccc1Oc1cc(NC(=O)c2ccncc2)cc(Oc2ccccc2C)c1. The average Bonchev–Trinajstić information content (AvgIpc) is 2.77. The summed E-state index contributed by atoms with van der Waals surface area (Å²) in [4.78, 5) is 16.6. The van der Waals surface area contributed by atoms with E-state index in [0.717, 1.165) is 22.6 Å². The molecule has 1 amide bonds. The first-order valence-electron chi connectivity index (χ1n) is 9.92. The van der Waals surface area contributed by atoms with E-state index >= 15 is 0 Å².